The predicted molar refractivity (Wildman–Crippen MR) is 108 cm³/mol. The number of carbonyl (C=O) groups excluding carboxylic acids is 2. The maximum absolute atomic E-state index is 12.8. The summed E-state index contributed by atoms with van der Waals surface area (Å²) in [4.78, 5) is 36.0. The van der Waals surface area contributed by atoms with Crippen LogP contribution in [-0.4, -0.2) is 83.6 Å². The molecule has 2 aliphatic heterocycles. The summed E-state index contributed by atoms with van der Waals surface area (Å²) in [5, 5.41) is 3.16. The average molecular weight is 397 g/mol. The topological polar surface area (TPSA) is 90.6 Å². The zero-order valence-electron chi connectivity index (χ0n) is 16.8. The third-order valence-electron chi connectivity index (χ3n) is 5.62. The molecule has 154 valence electrons. The van der Waals surface area contributed by atoms with Crippen LogP contribution < -0.4 is 5.32 Å². The molecule has 0 unspecified atom stereocenters. The molecule has 2 N–H and O–H groups in total. The molecule has 1 aromatic heterocycles. The number of nitrogens with one attached hydrogen (secondary N) is 2. The fourth-order valence-corrected chi connectivity index (χ4v) is 4.05. The number of aromatic amines is 1. The van der Waals surface area contributed by atoms with Crippen LogP contribution in [0, 0.1) is 0 Å². The minimum absolute atomic E-state index is 0.0756. The molecule has 0 radical (unpaired) electrons. The van der Waals surface area contributed by atoms with Crippen LogP contribution in [0.5, 0.6) is 0 Å². The zero-order chi connectivity index (χ0) is 20.4. The molecule has 0 spiro atoms. The quantitative estimate of drug-likeness (QED) is 0.789. The fourth-order valence-electron chi connectivity index (χ4n) is 4.05. The number of imidazole rings is 1. The van der Waals surface area contributed by atoms with E-state index in [0.717, 1.165) is 30.9 Å². The number of amides is 2. The van der Waals surface area contributed by atoms with E-state index in [0.29, 0.717) is 24.6 Å². The Balaban J connectivity index is 1.34. The Morgan fingerprint density at radius 1 is 1.34 bits per heavy atom. The summed E-state index contributed by atoms with van der Waals surface area (Å²) < 4.78 is 5.90. The van der Waals surface area contributed by atoms with Crippen molar-refractivity contribution in [3.05, 3.63) is 42.2 Å². The second-order valence-electron chi connectivity index (χ2n) is 7.98. The Morgan fingerprint density at radius 2 is 2.21 bits per heavy atom. The number of rotatable bonds is 5. The first kappa shape index (κ1) is 19.6. The van der Waals surface area contributed by atoms with Crippen LogP contribution in [0.15, 0.2) is 36.7 Å². The molecule has 0 bridgehead atoms. The zero-order valence-corrected chi connectivity index (χ0v) is 16.8. The molecule has 2 amide bonds. The number of fused-ring (bicyclic) bond motifs is 1. The number of benzene rings is 1. The highest BCUT2D eigenvalue weighted by Gasteiger charge is 2.38. The van der Waals surface area contributed by atoms with Crippen LogP contribution >= 0.6 is 0 Å². The van der Waals surface area contributed by atoms with Crippen molar-refractivity contribution in [2.45, 2.75) is 31.0 Å². The minimum Gasteiger partial charge on any atom is -0.375 e. The van der Waals surface area contributed by atoms with Gasteiger partial charge in [-0.3, -0.25) is 14.5 Å². The first-order valence-corrected chi connectivity index (χ1v) is 9.96. The molecular weight excluding hydrogens is 370 g/mol. The van der Waals surface area contributed by atoms with Crippen molar-refractivity contribution in [3.8, 4) is 11.4 Å². The highest BCUT2D eigenvalue weighted by Crippen LogP contribution is 2.25. The Bertz CT molecular complexity index is 867. The number of carbonyl (C=O) groups is 2. The molecular formula is C21H27N5O3. The van der Waals surface area contributed by atoms with E-state index in [1.54, 1.807) is 31.4 Å². The molecule has 29 heavy (non-hydrogen) atoms. The van der Waals surface area contributed by atoms with Gasteiger partial charge in [-0.2, -0.15) is 0 Å². The third kappa shape index (κ3) is 4.49. The van der Waals surface area contributed by atoms with Gasteiger partial charge in [-0.15, -0.1) is 0 Å². The van der Waals surface area contributed by atoms with Gasteiger partial charge >= 0.3 is 0 Å². The van der Waals surface area contributed by atoms with E-state index in [4.69, 9.17) is 4.74 Å². The lowest BCUT2D eigenvalue weighted by Crippen LogP contribution is -2.47. The van der Waals surface area contributed by atoms with Crippen LogP contribution in [0.2, 0.25) is 0 Å². The van der Waals surface area contributed by atoms with Crippen LogP contribution in [-0.2, 0) is 9.53 Å². The summed E-state index contributed by atoms with van der Waals surface area (Å²) in [6, 6.07) is 7.83. The Hall–Kier alpha value is -2.71. The summed E-state index contributed by atoms with van der Waals surface area (Å²) in [6.07, 6.45) is 4.63. The summed E-state index contributed by atoms with van der Waals surface area (Å²) in [5.41, 5.74) is 1.50. The molecule has 8 heteroatoms. The van der Waals surface area contributed by atoms with Crippen molar-refractivity contribution < 1.29 is 14.3 Å². The van der Waals surface area contributed by atoms with Crippen molar-refractivity contribution in [1.29, 1.82) is 0 Å². The third-order valence-corrected chi connectivity index (χ3v) is 5.62. The maximum Gasteiger partial charge on any atom is 0.251 e. The summed E-state index contributed by atoms with van der Waals surface area (Å²) in [7, 11) is 3.52. The smallest absolute Gasteiger partial charge is 0.251 e. The van der Waals surface area contributed by atoms with Crippen molar-refractivity contribution in [1.82, 2.24) is 25.1 Å². The lowest BCUT2D eigenvalue weighted by atomic mass is 10.1. The summed E-state index contributed by atoms with van der Waals surface area (Å²) in [5.74, 6) is 0.741. The normalized spacial score (nSPS) is 24.1. The summed E-state index contributed by atoms with van der Waals surface area (Å²) in [6.45, 7) is 2.11. The van der Waals surface area contributed by atoms with Gasteiger partial charge in [0.15, 0.2) is 0 Å². The molecule has 0 aliphatic carbocycles. The van der Waals surface area contributed by atoms with Gasteiger partial charge < -0.3 is 19.9 Å². The number of nitrogens with zero attached hydrogens (tertiary/aromatic N) is 3. The average Bonchev–Trinajstić information content (AvgIpc) is 3.37. The summed E-state index contributed by atoms with van der Waals surface area (Å²) >= 11 is 0. The highest BCUT2D eigenvalue weighted by atomic mass is 16.5. The number of morpholine rings is 1. The van der Waals surface area contributed by atoms with Gasteiger partial charge in [-0.05, 0) is 18.6 Å². The van der Waals surface area contributed by atoms with Crippen molar-refractivity contribution in [3.63, 3.8) is 0 Å². The van der Waals surface area contributed by atoms with Crippen LogP contribution in [0.3, 0.4) is 0 Å². The monoisotopic (exact) mass is 397 g/mol. The Kier molecular flexibility index (Phi) is 5.64. The van der Waals surface area contributed by atoms with E-state index in [1.165, 1.54) is 0 Å². The van der Waals surface area contributed by atoms with E-state index in [-0.39, 0.29) is 24.0 Å². The molecule has 2 aromatic rings. The number of aromatic nitrogens is 2. The molecule has 1 aromatic carbocycles. The maximum atomic E-state index is 12.8. The van der Waals surface area contributed by atoms with Crippen molar-refractivity contribution >= 4 is 11.8 Å². The van der Waals surface area contributed by atoms with Gasteiger partial charge in [0.25, 0.3) is 5.91 Å². The van der Waals surface area contributed by atoms with Gasteiger partial charge in [0.1, 0.15) is 5.82 Å². The van der Waals surface area contributed by atoms with Gasteiger partial charge in [0.2, 0.25) is 5.91 Å². The Labute approximate surface area is 170 Å². The molecule has 4 rings (SSSR count). The van der Waals surface area contributed by atoms with Gasteiger partial charge in [0, 0.05) is 62.8 Å². The van der Waals surface area contributed by atoms with E-state index < -0.39 is 0 Å². The van der Waals surface area contributed by atoms with E-state index >= 15 is 0 Å². The molecule has 0 saturated carbocycles. The number of hydrogen-bond donors (Lipinski definition) is 2. The lowest BCUT2D eigenvalue weighted by Gasteiger charge is -2.35. The van der Waals surface area contributed by atoms with Gasteiger partial charge in [-0.1, -0.05) is 12.1 Å². The molecule has 2 aliphatic rings. The lowest BCUT2D eigenvalue weighted by molar-refractivity contribution is -0.134. The van der Waals surface area contributed by atoms with Gasteiger partial charge in [0.05, 0.1) is 19.1 Å². The first-order chi connectivity index (χ1) is 14.0. The molecule has 2 fully saturated rings. The predicted octanol–water partition coefficient (Wildman–Crippen LogP) is 1.13. The standard InChI is InChI=1S/C21H27N5O3/c1-25(2)19(27)10-18-12-26-11-16(9-17(26)13-29-18)24-21(28)15-5-3-4-14(8-15)20-22-6-7-23-20/h3-8,16-18H,9-13H2,1-2H3,(H,22,23)(H,24,28)/t16-,17-,18-/m0/s1. The second kappa shape index (κ2) is 8.34. The van der Waals surface area contributed by atoms with Crippen molar-refractivity contribution in [2.24, 2.45) is 0 Å². The van der Waals surface area contributed by atoms with Crippen LogP contribution in [0.1, 0.15) is 23.2 Å². The Morgan fingerprint density at radius 3 is 2.97 bits per heavy atom. The van der Waals surface area contributed by atoms with E-state index in [9.17, 15) is 9.59 Å². The highest BCUT2D eigenvalue weighted by molar-refractivity contribution is 5.95. The van der Waals surface area contributed by atoms with E-state index in [2.05, 4.69) is 20.2 Å². The minimum atomic E-state index is -0.0828. The SMILES string of the molecule is CN(C)C(=O)C[C@H]1CN2C[C@@H](NC(=O)c3cccc(-c4ncc[nH]4)c3)C[C@H]2CO1. The van der Waals surface area contributed by atoms with Crippen LogP contribution in [0.25, 0.3) is 11.4 Å². The number of H-pyrrole nitrogens is 1. The van der Waals surface area contributed by atoms with Crippen LogP contribution in [0.4, 0.5) is 0 Å². The molecule has 8 nitrogen and oxygen atoms in total. The largest absolute Gasteiger partial charge is 0.375 e. The number of ether oxygens (including phenoxy) is 1. The molecule has 3 heterocycles. The van der Waals surface area contributed by atoms with Crippen molar-refractivity contribution in [2.75, 3.05) is 33.8 Å². The van der Waals surface area contributed by atoms with Gasteiger partial charge in [-0.25, -0.2) is 4.98 Å². The fraction of sp³-hybridized carbons (Fsp3) is 0.476. The molecule has 3 atom stereocenters. The second-order valence-corrected chi connectivity index (χ2v) is 7.98. The number of hydrogen-bond acceptors (Lipinski definition) is 5. The van der Waals surface area contributed by atoms with E-state index in [1.807, 2.05) is 24.3 Å². The molecule has 2 saturated heterocycles. The first-order valence-electron chi connectivity index (χ1n) is 9.96.